The first kappa shape index (κ1) is 27.6. The number of amides is 2. The molecule has 37 heavy (non-hydrogen) atoms. The van der Waals surface area contributed by atoms with Crippen LogP contribution in [0.4, 0.5) is 11.4 Å². The van der Waals surface area contributed by atoms with Crippen LogP contribution in [0.3, 0.4) is 0 Å². The molecule has 0 aromatic heterocycles. The average Bonchev–Trinajstić information content (AvgIpc) is 2.87. The first-order chi connectivity index (χ1) is 17.8. The molecule has 2 amide bonds. The molecule has 190 valence electrons. The highest BCUT2D eigenvalue weighted by Gasteiger charge is 2.16. The lowest BCUT2D eigenvalue weighted by molar-refractivity contribution is -0.118. The SMILES string of the molecule is CCOc1cc(/C=C(/C#N)C(=O)Nc2cccc(Cl)c2)cc(Br)c1OCC(=O)Nc1ccc(OC)cc1. The number of nitriles is 1. The largest absolute Gasteiger partial charge is 0.497 e. The van der Waals surface area contributed by atoms with Gasteiger partial charge in [-0.05, 0) is 89.1 Å². The molecular formula is C27H23BrClN3O5. The van der Waals surface area contributed by atoms with Crippen molar-refractivity contribution in [1.82, 2.24) is 0 Å². The van der Waals surface area contributed by atoms with E-state index in [0.717, 1.165) is 0 Å². The summed E-state index contributed by atoms with van der Waals surface area (Å²) in [5.41, 5.74) is 1.45. The lowest BCUT2D eigenvalue weighted by Crippen LogP contribution is -2.20. The molecule has 0 aliphatic rings. The Labute approximate surface area is 227 Å². The third-order valence-electron chi connectivity index (χ3n) is 4.81. The minimum Gasteiger partial charge on any atom is -0.497 e. The second-order valence-electron chi connectivity index (χ2n) is 7.46. The highest BCUT2D eigenvalue weighted by molar-refractivity contribution is 9.10. The molecule has 2 N–H and O–H groups in total. The quantitative estimate of drug-likeness (QED) is 0.221. The molecule has 0 bridgehead atoms. The van der Waals surface area contributed by atoms with Crippen molar-refractivity contribution in [2.45, 2.75) is 6.92 Å². The Kier molecular flexibility index (Phi) is 9.95. The molecule has 0 fully saturated rings. The fraction of sp³-hybridized carbons (Fsp3) is 0.148. The van der Waals surface area contributed by atoms with Gasteiger partial charge < -0.3 is 24.8 Å². The van der Waals surface area contributed by atoms with Gasteiger partial charge in [-0.1, -0.05) is 17.7 Å². The second-order valence-corrected chi connectivity index (χ2v) is 8.75. The van der Waals surface area contributed by atoms with Crippen LogP contribution >= 0.6 is 27.5 Å². The number of hydrogen-bond acceptors (Lipinski definition) is 6. The molecule has 0 unspecified atom stereocenters. The van der Waals surface area contributed by atoms with Crippen molar-refractivity contribution in [3.63, 3.8) is 0 Å². The Morgan fingerprint density at radius 1 is 1.05 bits per heavy atom. The predicted molar refractivity (Wildman–Crippen MR) is 146 cm³/mol. The molecule has 0 aliphatic carbocycles. The monoisotopic (exact) mass is 583 g/mol. The summed E-state index contributed by atoms with van der Waals surface area (Å²) < 4.78 is 17.0. The van der Waals surface area contributed by atoms with Crippen LogP contribution in [0, 0.1) is 11.3 Å². The number of carbonyl (C=O) groups excluding carboxylic acids is 2. The molecule has 0 atom stereocenters. The zero-order chi connectivity index (χ0) is 26.8. The smallest absolute Gasteiger partial charge is 0.266 e. The average molecular weight is 585 g/mol. The number of nitrogens with zero attached hydrogens (tertiary/aromatic N) is 1. The summed E-state index contributed by atoms with van der Waals surface area (Å²) >= 11 is 9.39. The summed E-state index contributed by atoms with van der Waals surface area (Å²) in [5.74, 6) is 0.371. The first-order valence-corrected chi connectivity index (χ1v) is 12.2. The Balaban J connectivity index is 1.75. The zero-order valence-corrected chi connectivity index (χ0v) is 22.4. The minimum atomic E-state index is -0.589. The van der Waals surface area contributed by atoms with Crippen LogP contribution in [0.15, 0.2) is 70.7 Å². The summed E-state index contributed by atoms with van der Waals surface area (Å²) in [6, 6.07) is 18.7. The molecule has 10 heteroatoms. The molecule has 0 saturated carbocycles. The third kappa shape index (κ3) is 8.00. The van der Waals surface area contributed by atoms with Gasteiger partial charge in [0.25, 0.3) is 11.8 Å². The summed E-state index contributed by atoms with van der Waals surface area (Å²) in [5, 5.41) is 15.4. The molecule has 0 spiro atoms. The predicted octanol–water partition coefficient (Wildman–Crippen LogP) is 6.07. The second kappa shape index (κ2) is 13.3. The lowest BCUT2D eigenvalue weighted by atomic mass is 10.1. The maximum absolute atomic E-state index is 12.6. The van der Waals surface area contributed by atoms with E-state index in [1.807, 2.05) is 6.07 Å². The molecule has 0 radical (unpaired) electrons. The first-order valence-electron chi connectivity index (χ1n) is 11.0. The Hall–Kier alpha value is -4.00. The highest BCUT2D eigenvalue weighted by atomic mass is 79.9. The van der Waals surface area contributed by atoms with Crippen LogP contribution in [0.5, 0.6) is 17.2 Å². The molecule has 0 aliphatic heterocycles. The van der Waals surface area contributed by atoms with Gasteiger partial charge in [0.05, 0.1) is 18.2 Å². The number of halogens is 2. The van der Waals surface area contributed by atoms with E-state index in [1.54, 1.807) is 74.7 Å². The van der Waals surface area contributed by atoms with Gasteiger partial charge >= 0.3 is 0 Å². The molecule has 0 saturated heterocycles. The van der Waals surface area contributed by atoms with Crippen LogP contribution in [-0.2, 0) is 9.59 Å². The van der Waals surface area contributed by atoms with E-state index in [-0.39, 0.29) is 18.1 Å². The maximum atomic E-state index is 12.6. The normalized spacial score (nSPS) is 10.7. The number of rotatable bonds is 10. The van der Waals surface area contributed by atoms with Crippen LogP contribution in [0.25, 0.3) is 6.08 Å². The number of hydrogen-bond donors (Lipinski definition) is 2. The number of carbonyl (C=O) groups is 2. The molecule has 3 aromatic rings. The Morgan fingerprint density at radius 2 is 1.81 bits per heavy atom. The van der Waals surface area contributed by atoms with Crippen molar-refractivity contribution < 1.29 is 23.8 Å². The van der Waals surface area contributed by atoms with Gasteiger partial charge in [0, 0.05) is 16.4 Å². The van der Waals surface area contributed by atoms with Gasteiger partial charge in [0.2, 0.25) is 0 Å². The van der Waals surface area contributed by atoms with Gasteiger partial charge in [-0.3, -0.25) is 9.59 Å². The van der Waals surface area contributed by atoms with Crippen molar-refractivity contribution in [2.75, 3.05) is 31.0 Å². The topological polar surface area (TPSA) is 110 Å². The third-order valence-corrected chi connectivity index (χ3v) is 5.64. The van der Waals surface area contributed by atoms with Crippen LogP contribution < -0.4 is 24.8 Å². The van der Waals surface area contributed by atoms with E-state index in [4.69, 9.17) is 25.8 Å². The van der Waals surface area contributed by atoms with Crippen molar-refractivity contribution in [2.24, 2.45) is 0 Å². The number of methoxy groups -OCH3 is 1. The zero-order valence-electron chi connectivity index (χ0n) is 20.0. The van der Waals surface area contributed by atoms with Crippen molar-refractivity contribution in [3.05, 3.63) is 81.3 Å². The van der Waals surface area contributed by atoms with Gasteiger partial charge in [0.15, 0.2) is 18.1 Å². The molecule has 8 nitrogen and oxygen atoms in total. The van der Waals surface area contributed by atoms with Crippen molar-refractivity contribution in [1.29, 1.82) is 5.26 Å². The van der Waals surface area contributed by atoms with E-state index in [0.29, 0.717) is 50.3 Å². The van der Waals surface area contributed by atoms with E-state index >= 15 is 0 Å². The standard InChI is InChI=1S/C27H23BrClN3O5/c1-3-36-24-13-17(11-18(15-30)27(34)32-21-6-4-5-19(29)14-21)12-23(28)26(24)37-16-25(33)31-20-7-9-22(35-2)10-8-20/h4-14H,3,16H2,1-2H3,(H,31,33)(H,32,34)/b18-11-. The number of nitrogens with one attached hydrogen (secondary N) is 2. The summed E-state index contributed by atoms with van der Waals surface area (Å²) in [6.45, 7) is 1.86. The summed E-state index contributed by atoms with van der Waals surface area (Å²) in [7, 11) is 1.56. The summed E-state index contributed by atoms with van der Waals surface area (Å²) in [4.78, 5) is 25.0. The fourth-order valence-corrected chi connectivity index (χ4v) is 3.93. The van der Waals surface area contributed by atoms with E-state index in [9.17, 15) is 14.9 Å². The van der Waals surface area contributed by atoms with Gasteiger partial charge in [-0.25, -0.2) is 0 Å². The van der Waals surface area contributed by atoms with Gasteiger partial charge in [0.1, 0.15) is 17.4 Å². The fourth-order valence-electron chi connectivity index (χ4n) is 3.16. The molecule has 3 rings (SSSR count). The highest BCUT2D eigenvalue weighted by Crippen LogP contribution is 2.37. The minimum absolute atomic E-state index is 0.123. The van der Waals surface area contributed by atoms with Gasteiger partial charge in [-0.2, -0.15) is 5.26 Å². The number of ether oxygens (including phenoxy) is 3. The Bertz CT molecular complexity index is 1350. The van der Waals surface area contributed by atoms with Crippen LogP contribution in [0.1, 0.15) is 12.5 Å². The maximum Gasteiger partial charge on any atom is 0.266 e. The van der Waals surface area contributed by atoms with Crippen molar-refractivity contribution in [3.8, 4) is 23.3 Å². The number of benzene rings is 3. The van der Waals surface area contributed by atoms with E-state index < -0.39 is 5.91 Å². The van der Waals surface area contributed by atoms with Crippen LogP contribution in [-0.4, -0.2) is 32.1 Å². The van der Waals surface area contributed by atoms with E-state index in [2.05, 4.69) is 26.6 Å². The van der Waals surface area contributed by atoms with Gasteiger partial charge in [-0.15, -0.1) is 0 Å². The number of anilines is 2. The summed E-state index contributed by atoms with van der Waals surface area (Å²) in [6.07, 6.45) is 1.42. The van der Waals surface area contributed by atoms with Crippen LogP contribution in [0.2, 0.25) is 5.02 Å². The molecular weight excluding hydrogens is 562 g/mol. The Morgan fingerprint density at radius 3 is 2.46 bits per heavy atom. The van der Waals surface area contributed by atoms with E-state index in [1.165, 1.54) is 6.08 Å². The molecule has 0 heterocycles. The van der Waals surface area contributed by atoms with Crippen molar-refractivity contribution >= 4 is 56.8 Å². The molecule has 3 aromatic carbocycles. The lowest BCUT2D eigenvalue weighted by Gasteiger charge is -2.15.